The fourth-order valence-electron chi connectivity index (χ4n) is 1.14. The van der Waals surface area contributed by atoms with Gasteiger partial charge in [0.15, 0.2) is 5.12 Å². The standard InChI is InChI=1S/C12H10FNO3S/c1-7(15)18-4-2-3-8-5-9(12(16)17)11(14)6-10(8)13/h5-6H,4,14H2,1H3,(H,16,17). The summed E-state index contributed by atoms with van der Waals surface area (Å²) in [7, 11) is 0. The Hall–Kier alpha value is -2.00. The van der Waals surface area contributed by atoms with Crippen molar-refractivity contribution in [2.45, 2.75) is 6.92 Å². The van der Waals surface area contributed by atoms with Crippen LogP contribution in [-0.4, -0.2) is 21.9 Å². The maximum atomic E-state index is 13.4. The summed E-state index contributed by atoms with van der Waals surface area (Å²) in [6.45, 7) is 1.40. The minimum Gasteiger partial charge on any atom is -0.478 e. The molecule has 0 bridgehead atoms. The third-order valence-electron chi connectivity index (χ3n) is 1.94. The molecule has 0 atom stereocenters. The van der Waals surface area contributed by atoms with E-state index in [1.165, 1.54) is 6.92 Å². The highest BCUT2D eigenvalue weighted by Gasteiger charge is 2.11. The first-order valence-corrected chi connectivity index (χ1v) is 5.85. The van der Waals surface area contributed by atoms with Crippen LogP contribution in [0.4, 0.5) is 10.1 Å². The van der Waals surface area contributed by atoms with Gasteiger partial charge in [-0.15, -0.1) is 0 Å². The van der Waals surface area contributed by atoms with Crippen molar-refractivity contribution in [3.63, 3.8) is 0 Å². The number of carboxylic acids is 1. The number of nitrogen functional groups attached to an aromatic ring is 1. The van der Waals surface area contributed by atoms with E-state index in [9.17, 15) is 14.0 Å². The van der Waals surface area contributed by atoms with Crippen LogP contribution in [0.15, 0.2) is 12.1 Å². The van der Waals surface area contributed by atoms with Crippen LogP contribution in [0.3, 0.4) is 0 Å². The SMILES string of the molecule is CC(=O)SCC#Cc1cc(C(=O)O)c(N)cc1F. The summed E-state index contributed by atoms with van der Waals surface area (Å²) < 4.78 is 13.4. The molecular formula is C12H10FNO3S. The smallest absolute Gasteiger partial charge is 0.337 e. The molecule has 1 aromatic carbocycles. The van der Waals surface area contributed by atoms with Crippen LogP contribution in [0.1, 0.15) is 22.8 Å². The molecule has 0 amide bonds. The average molecular weight is 267 g/mol. The van der Waals surface area contributed by atoms with E-state index in [2.05, 4.69) is 11.8 Å². The van der Waals surface area contributed by atoms with Gasteiger partial charge in [0.05, 0.1) is 16.9 Å². The summed E-state index contributed by atoms with van der Waals surface area (Å²) in [6, 6.07) is 2.00. The normalized spacial score (nSPS) is 9.44. The molecular weight excluding hydrogens is 257 g/mol. The minimum absolute atomic E-state index is 0.0502. The highest BCUT2D eigenvalue weighted by atomic mass is 32.2. The van der Waals surface area contributed by atoms with Gasteiger partial charge in [-0.3, -0.25) is 4.79 Å². The van der Waals surface area contributed by atoms with E-state index in [0.29, 0.717) is 0 Å². The zero-order valence-corrected chi connectivity index (χ0v) is 10.3. The molecule has 18 heavy (non-hydrogen) atoms. The molecule has 1 aromatic rings. The molecule has 0 saturated carbocycles. The van der Waals surface area contributed by atoms with Crippen molar-refractivity contribution in [2.24, 2.45) is 0 Å². The van der Waals surface area contributed by atoms with Gasteiger partial charge in [-0.2, -0.15) is 0 Å². The lowest BCUT2D eigenvalue weighted by molar-refractivity contribution is -0.109. The average Bonchev–Trinajstić information content (AvgIpc) is 2.25. The zero-order chi connectivity index (χ0) is 13.7. The summed E-state index contributed by atoms with van der Waals surface area (Å²) in [5.74, 6) is 3.35. The van der Waals surface area contributed by atoms with Crippen molar-refractivity contribution in [2.75, 3.05) is 11.5 Å². The first kappa shape index (κ1) is 14.1. The van der Waals surface area contributed by atoms with Crippen molar-refractivity contribution >= 4 is 28.5 Å². The van der Waals surface area contributed by atoms with E-state index in [0.717, 1.165) is 23.9 Å². The molecule has 0 unspecified atom stereocenters. The zero-order valence-electron chi connectivity index (χ0n) is 9.49. The Morgan fingerprint density at radius 3 is 2.72 bits per heavy atom. The van der Waals surface area contributed by atoms with Gasteiger partial charge in [0.25, 0.3) is 0 Å². The van der Waals surface area contributed by atoms with Gasteiger partial charge < -0.3 is 10.8 Å². The Bertz CT molecular complexity index is 560. The van der Waals surface area contributed by atoms with Gasteiger partial charge in [0.2, 0.25) is 0 Å². The second kappa shape index (κ2) is 6.07. The maximum absolute atomic E-state index is 13.4. The lowest BCUT2D eigenvalue weighted by Gasteiger charge is -2.02. The molecule has 0 aliphatic heterocycles. The van der Waals surface area contributed by atoms with Gasteiger partial charge >= 0.3 is 5.97 Å². The summed E-state index contributed by atoms with van der Waals surface area (Å²) in [5.41, 5.74) is 4.97. The van der Waals surface area contributed by atoms with Crippen LogP contribution in [0.2, 0.25) is 0 Å². The second-order valence-electron chi connectivity index (χ2n) is 3.31. The van der Waals surface area contributed by atoms with Crippen LogP contribution in [0.5, 0.6) is 0 Å². The molecule has 0 aromatic heterocycles. The predicted molar refractivity (Wildman–Crippen MR) is 67.8 cm³/mol. The summed E-state index contributed by atoms with van der Waals surface area (Å²) >= 11 is 0.994. The fraction of sp³-hybridized carbons (Fsp3) is 0.167. The van der Waals surface area contributed by atoms with Crippen LogP contribution in [0, 0.1) is 17.7 Å². The Morgan fingerprint density at radius 1 is 1.50 bits per heavy atom. The number of hydrogen-bond donors (Lipinski definition) is 2. The minimum atomic E-state index is -1.24. The van der Waals surface area contributed by atoms with Crippen LogP contribution < -0.4 is 5.73 Å². The van der Waals surface area contributed by atoms with E-state index >= 15 is 0 Å². The quantitative estimate of drug-likeness (QED) is 0.630. The molecule has 0 radical (unpaired) electrons. The van der Waals surface area contributed by atoms with Crippen molar-refractivity contribution in [1.82, 2.24) is 0 Å². The third kappa shape index (κ3) is 3.79. The molecule has 6 heteroatoms. The summed E-state index contributed by atoms with van der Waals surface area (Å²) in [6.07, 6.45) is 0. The van der Waals surface area contributed by atoms with E-state index in [1.54, 1.807) is 0 Å². The molecule has 4 nitrogen and oxygen atoms in total. The molecule has 0 aliphatic rings. The third-order valence-corrected chi connectivity index (χ3v) is 2.64. The molecule has 3 N–H and O–H groups in total. The number of halogens is 1. The van der Waals surface area contributed by atoms with E-state index in [4.69, 9.17) is 10.8 Å². The first-order chi connectivity index (χ1) is 8.41. The number of thioether (sulfide) groups is 1. The van der Waals surface area contributed by atoms with Crippen LogP contribution in [-0.2, 0) is 4.79 Å². The molecule has 0 spiro atoms. The Balaban J connectivity index is 2.98. The largest absolute Gasteiger partial charge is 0.478 e. The first-order valence-electron chi connectivity index (χ1n) is 4.86. The second-order valence-corrected chi connectivity index (χ2v) is 4.46. The number of nitrogens with two attached hydrogens (primary N) is 1. The summed E-state index contributed by atoms with van der Waals surface area (Å²) in [4.78, 5) is 21.4. The van der Waals surface area contributed by atoms with Crippen LogP contribution >= 0.6 is 11.8 Å². The van der Waals surface area contributed by atoms with E-state index in [1.807, 2.05) is 0 Å². The molecule has 94 valence electrons. The Morgan fingerprint density at radius 2 is 2.17 bits per heavy atom. The number of carboxylic acid groups (broad SMARTS) is 1. The topological polar surface area (TPSA) is 80.4 Å². The number of benzene rings is 1. The highest BCUT2D eigenvalue weighted by molar-refractivity contribution is 8.13. The van der Waals surface area contributed by atoms with Gasteiger partial charge in [0.1, 0.15) is 5.82 Å². The maximum Gasteiger partial charge on any atom is 0.337 e. The van der Waals surface area contributed by atoms with Gasteiger partial charge in [-0.05, 0) is 12.1 Å². The van der Waals surface area contributed by atoms with Crippen molar-refractivity contribution < 1.29 is 19.1 Å². The monoisotopic (exact) mass is 267 g/mol. The number of hydrogen-bond acceptors (Lipinski definition) is 4. The molecule has 0 fully saturated rings. The van der Waals surface area contributed by atoms with Gasteiger partial charge in [-0.25, -0.2) is 9.18 Å². The Labute approximate surface area is 107 Å². The number of carbonyl (C=O) groups is 2. The van der Waals surface area contributed by atoms with E-state index < -0.39 is 11.8 Å². The predicted octanol–water partition coefficient (Wildman–Crippen LogP) is 1.74. The fourth-order valence-corrected chi connectivity index (χ4v) is 1.49. The number of rotatable bonds is 2. The molecule has 0 heterocycles. The summed E-state index contributed by atoms with van der Waals surface area (Å²) in [5, 5.41) is 8.74. The lowest BCUT2D eigenvalue weighted by atomic mass is 10.1. The van der Waals surface area contributed by atoms with Crippen LogP contribution in [0.25, 0.3) is 0 Å². The molecule has 0 saturated heterocycles. The van der Waals surface area contributed by atoms with Gasteiger partial charge in [0, 0.05) is 12.6 Å². The number of carbonyl (C=O) groups excluding carboxylic acids is 1. The highest BCUT2D eigenvalue weighted by Crippen LogP contribution is 2.17. The van der Waals surface area contributed by atoms with Crippen molar-refractivity contribution in [1.29, 1.82) is 0 Å². The molecule has 0 aliphatic carbocycles. The van der Waals surface area contributed by atoms with Crippen molar-refractivity contribution in [3.05, 3.63) is 29.1 Å². The van der Waals surface area contributed by atoms with Gasteiger partial charge in [-0.1, -0.05) is 23.6 Å². The molecule has 1 rings (SSSR count). The number of aromatic carboxylic acids is 1. The van der Waals surface area contributed by atoms with Crippen molar-refractivity contribution in [3.8, 4) is 11.8 Å². The van der Waals surface area contributed by atoms with E-state index in [-0.39, 0.29) is 27.7 Å². The lowest BCUT2D eigenvalue weighted by Crippen LogP contribution is -2.04. The number of anilines is 1. The Kier molecular flexibility index (Phi) is 4.75.